The largest absolute Gasteiger partial charge is 0.475 e. The highest BCUT2D eigenvalue weighted by molar-refractivity contribution is 5.95. The van der Waals surface area contributed by atoms with Gasteiger partial charge in [0, 0.05) is 24.8 Å². The van der Waals surface area contributed by atoms with Crippen molar-refractivity contribution in [3.8, 4) is 0 Å². The first-order chi connectivity index (χ1) is 11.5. The van der Waals surface area contributed by atoms with Crippen LogP contribution in [0.1, 0.15) is 52.4 Å². The van der Waals surface area contributed by atoms with Gasteiger partial charge in [0.25, 0.3) is 5.91 Å². The second-order valence-corrected chi connectivity index (χ2v) is 5.87. The molecule has 126 valence electrons. The van der Waals surface area contributed by atoms with Gasteiger partial charge in [-0.15, -0.1) is 0 Å². The number of rotatable bonds is 5. The van der Waals surface area contributed by atoms with E-state index in [0.29, 0.717) is 0 Å². The topological polar surface area (TPSA) is 95.7 Å². The van der Waals surface area contributed by atoms with Crippen LogP contribution >= 0.6 is 0 Å². The predicted molar refractivity (Wildman–Crippen MR) is 87.2 cm³/mol. The van der Waals surface area contributed by atoms with Crippen LogP contribution in [0.15, 0.2) is 34.9 Å². The van der Waals surface area contributed by atoms with E-state index in [9.17, 15) is 9.59 Å². The summed E-state index contributed by atoms with van der Waals surface area (Å²) >= 11 is 0. The highest BCUT2D eigenvalue weighted by Gasteiger charge is 2.19. The highest BCUT2D eigenvalue weighted by atomic mass is 16.5. The number of aromatic nitrogens is 1. The highest BCUT2D eigenvalue weighted by Crippen LogP contribution is 2.24. The van der Waals surface area contributed by atoms with Crippen molar-refractivity contribution in [1.29, 1.82) is 0 Å². The molecule has 0 saturated carbocycles. The lowest BCUT2D eigenvalue weighted by atomic mass is 10.1. The summed E-state index contributed by atoms with van der Waals surface area (Å²) in [5.74, 6) is -2.08. The van der Waals surface area contributed by atoms with Crippen LogP contribution in [0.25, 0.3) is 0 Å². The first-order valence-corrected chi connectivity index (χ1v) is 7.90. The maximum Gasteiger partial charge on any atom is 0.374 e. The van der Waals surface area contributed by atoms with E-state index in [1.54, 1.807) is 0 Å². The number of carboxylic acid groups (broad SMARTS) is 1. The minimum absolute atomic E-state index is 0.0463. The summed E-state index contributed by atoms with van der Waals surface area (Å²) in [6.45, 7) is 3.99. The van der Waals surface area contributed by atoms with E-state index in [2.05, 4.69) is 32.0 Å². The Bertz CT molecular complexity index is 750. The molecule has 7 heteroatoms. The molecule has 0 bridgehead atoms. The van der Waals surface area contributed by atoms with Crippen molar-refractivity contribution in [3.63, 3.8) is 0 Å². The van der Waals surface area contributed by atoms with E-state index >= 15 is 0 Å². The number of hydrogen-bond acceptors (Lipinski definition) is 5. The standard InChI is InChI=1S/C17H19N3O4/c1-11(18-16(21)14-10-15(17(22)23)24-19-14)12-5-4-6-13(9-12)20-7-2-3-8-20/h4-6,9-11H,2-3,7-8H2,1H3,(H,18,21)(H,22,23). The lowest BCUT2D eigenvalue weighted by Crippen LogP contribution is -2.27. The summed E-state index contributed by atoms with van der Waals surface area (Å²) in [7, 11) is 0. The van der Waals surface area contributed by atoms with Gasteiger partial charge in [-0.25, -0.2) is 4.79 Å². The lowest BCUT2D eigenvalue weighted by molar-refractivity contribution is 0.0651. The van der Waals surface area contributed by atoms with Gasteiger partial charge >= 0.3 is 5.97 Å². The molecular formula is C17H19N3O4. The van der Waals surface area contributed by atoms with E-state index in [4.69, 9.17) is 5.11 Å². The molecule has 0 aliphatic carbocycles. The molecule has 2 N–H and O–H groups in total. The summed E-state index contributed by atoms with van der Waals surface area (Å²) in [5.41, 5.74) is 2.09. The van der Waals surface area contributed by atoms with E-state index in [1.165, 1.54) is 12.8 Å². The average molecular weight is 329 g/mol. The minimum atomic E-state index is -1.26. The third-order valence-corrected chi connectivity index (χ3v) is 4.14. The zero-order chi connectivity index (χ0) is 17.1. The molecule has 24 heavy (non-hydrogen) atoms. The maximum absolute atomic E-state index is 12.2. The number of carbonyl (C=O) groups excluding carboxylic acids is 1. The van der Waals surface area contributed by atoms with Crippen LogP contribution < -0.4 is 10.2 Å². The van der Waals surface area contributed by atoms with Crippen LogP contribution in [-0.2, 0) is 0 Å². The fraction of sp³-hybridized carbons (Fsp3) is 0.353. The molecule has 3 rings (SSSR count). The van der Waals surface area contributed by atoms with Crippen molar-refractivity contribution in [2.75, 3.05) is 18.0 Å². The van der Waals surface area contributed by atoms with Gasteiger partial charge < -0.3 is 19.8 Å². The number of benzene rings is 1. The van der Waals surface area contributed by atoms with Gasteiger partial charge in [0.15, 0.2) is 5.69 Å². The fourth-order valence-electron chi connectivity index (χ4n) is 2.80. The van der Waals surface area contributed by atoms with Gasteiger partial charge in [0.2, 0.25) is 5.76 Å². The van der Waals surface area contributed by atoms with Crippen LogP contribution in [0.2, 0.25) is 0 Å². The number of aromatic carboxylic acids is 1. The van der Waals surface area contributed by atoms with Crippen LogP contribution in [-0.4, -0.2) is 35.2 Å². The number of amides is 1. The van der Waals surface area contributed by atoms with Gasteiger partial charge in [-0.2, -0.15) is 0 Å². The molecule has 0 spiro atoms. The smallest absolute Gasteiger partial charge is 0.374 e. The van der Waals surface area contributed by atoms with Crippen molar-refractivity contribution >= 4 is 17.6 Å². The number of nitrogens with one attached hydrogen (secondary N) is 1. The zero-order valence-corrected chi connectivity index (χ0v) is 13.4. The number of carbonyl (C=O) groups is 2. The molecule has 2 heterocycles. The molecule has 1 aliphatic rings. The summed E-state index contributed by atoms with van der Waals surface area (Å²) < 4.78 is 4.60. The molecule has 0 radical (unpaired) electrons. The van der Waals surface area contributed by atoms with Crippen molar-refractivity contribution in [1.82, 2.24) is 10.5 Å². The first-order valence-electron chi connectivity index (χ1n) is 7.90. The van der Waals surface area contributed by atoms with Gasteiger partial charge in [-0.3, -0.25) is 4.79 Å². The summed E-state index contributed by atoms with van der Waals surface area (Å²) in [4.78, 5) is 25.3. The van der Waals surface area contributed by atoms with Crippen LogP contribution in [0.3, 0.4) is 0 Å². The van der Waals surface area contributed by atoms with Gasteiger partial charge in [0.05, 0.1) is 6.04 Å². The van der Waals surface area contributed by atoms with Gasteiger partial charge in [-0.05, 0) is 37.5 Å². The number of anilines is 1. The minimum Gasteiger partial charge on any atom is -0.475 e. The zero-order valence-electron chi connectivity index (χ0n) is 13.4. The van der Waals surface area contributed by atoms with Crippen molar-refractivity contribution < 1.29 is 19.2 Å². The SMILES string of the molecule is CC(NC(=O)c1cc(C(=O)O)on1)c1cccc(N2CCCC2)c1. The third-order valence-electron chi connectivity index (χ3n) is 4.14. The summed E-state index contributed by atoms with van der Waals surface area (Å²) in [5, 5.41) is 15.1. The molecule has 1 atom stereocenters. The molecule has 1 fully saturated rings. The Morgan fingerprint density at radius 3 is 2.71 bits per heavy atom. The second kappa shape index (κ2) is 6.74. The Morgan fingerprint density at radius 1 is 1.29 bits per heavy atom. The molecule has 7 nitrogen and oxygen atoms in total. The maximum atomic E-state index is 12.2. The van der Waals surface area contributed by atoms with Crippen LogP contribution in [0, 0.1) is 0 Å². The second-order valence-electron chi connectivity index (χ2n) is 5.87. The lowest BCUT2D eigenvalue weighted by Gasteiger charge is -2.20. The van der Waals surface area contributed by atoms with Crippen molar-refractivity contribution in [2.45, 2.75) is 25.8 Å². The number of carboxylic acids is 1. The molecule has 2 aromatic rings. The van der Waals surface area contributed by atoms with Gasteiger partial charge in [0.1, 0.15) is 0 Å². The fourth-order valence-corrected chi connectivity index (χ4v) is 2.80. The first kappa shape index (κ1) is 16.0. The normalized spacial score (nSPS) is 15.3. The quantitative estimate of drug-likeness (QED) is 0.875. The molecule has 1 aliphatic heterocycles. The Kier molecular flexibility index (Phi) is 4.50. The van der Waals surface area contributed by atoms with E-state index < -0.39 is 11.9 Å². The average Bonchev–Trinajstić information content (AvgIpc) is 3.26. The molecule has 1 amide bonds. The Balaban J connectivity index is 1.69. The number of nitrogens with zero attached hydrogens (tertiary/aromatic N) is 2. The van der Waals surface area contributed by atoms with E-state index in [0.717, 1.165) is 30.4 Å². The van der Waals surface area contributed by atoms with Crippen LogP contribution in [0.4, 0.5) is 5.69 Å². The molecule has 1 aromatic heterocycles. The summed E-state index contributed by atoms with van der Waals surface area (Å²) in [6.07, 6.45) is 2.41. The molecule has 1 saturated heterocycles. The predicted octanol–water partition coefficient (Wildman–Crippen LogP) is 2.46. The summed E-state index contributed by atoms with van der Waals surface area (Å²) in [6, 6.07) is 8.96. The molecular weight excluding hydrogens is 310 g/mol. The Morgan fingerprint density at radius 2 is 2.04 bits per heavy atom. The Labute approximate surface area is 139 Å². The monoisotopic (exact) mass is 329 g/mol. The third kappa shape index (κ3) is 3.40. The molecule has 1 aromatic carbocycles. The van der Waals surface area contributed by atoms with Crippen LogP contribution in [0.5, 0.6) is 0 Å². The Hall–Kier alpha value is -2.83. The van der Waals surface area contributed by atoms with Crippen molar-refractivity contribution in [2.24, 2.45) is 0 Å². The van der Waals surface area contributed by atoms with Gasteiger partial charge in [-0.1, -0.05) is 17.3 Å². The molecule has 1 unspecified atom stereocenters. The van der Waals surface area contributed by atoms with E-state index in [1.807, 2.05) is 19.1 Å². The number of hydrogen-bond donors (Lipinski definition) is 2. The van der Waals surface area contributed by atoms with Crippen molar-refractivity contribution in [3.05, 3.63) is 47.3 Å². The van der Waals surface area contributed by atoms with E-state index in [-0.39, 0.29) is 17.5 Å².